The van der Waals surface area contributed by atoms with E-state index in [1.807, 2.05) is 36.4 Å². The van der Waals surface area contributed by atoms with Crippen LogP contribution in [0.15, 0.2) is 199 Å². The lowest BCUT2D eigenvalue weighted by molar-refractivity contribution is 0.577. The third-order valence-electron chi connectivity index (χ3n) is 12.0. The molecule has 61 heavy (non-hydrogen) atoms. The minimum Gasteiger partial charge on any atom is -0.422 e. The fourth-order valence-corrected chi connectivity index (χ4v) is 9.22. The first-order chi connectivity index (χ1) is 30.2. The van der Waals surface area contributed by atoms with Crippen molar-refractivity contribution >= 4 is 76.3 Å². The van der Waals surface area contributed by atoms with Gasteiger partial charge in [0.1, 0.15) is 5.52 Å². The summed E-state index contributed by atoms with van der Waals surface area (Å²) in [6.07, 6.45) is 0. The highest BCUT2D eigenvalue weighted by Gasteiger charge is 2.25. The smallest absolute Gasteiger partial charge is 0.307 e. The molecular weight excluding hydrogens is 749 g/mol. The maximum atomic E-state index is 7.02. The Hall–Kier alpha value is -8.42. The molecule has 0 aliphatic heterocycles. The molecule has 0 fully saturated rings. The van der Waals surface area contributed by atoms with Crippen LogP contribution in [0, 0.1) is 0 Å². The molecule has 0 saturated heterocycles. The standard InChI is InChI=1S/C54H32N6O/c1-3-13-33(14-4-1)34-23-27-38(28-24-34)52-56-51(37-16-5-2-6-17-37)57-53(58-52)59-45-21-11-9-19-40(45)42-30-31-43-41-20-10-12-22-46(41)60(49(43)48(42)59)54-55-44-32-29-36-26-25-35-15-7-8-18-39(35)47(36)50(44)61-54/h1-32H. The number of aromatic nitrogens is 6. The Morgan fingerprint density at radius 3 is 1.56 bits per heavy atom. The van der Waals surface area contributed by atoms with E-state index in [4.69, 9.17) is 24.4 Å². The van der Waals surface area contributed by atoms with Gasteiger partial charge in [-0.25, -0.2) is 4.98 Å². The normalized spacial score (nSPS) is 11.9. The second kappa shape index (κ2) is 13.0. The first-order valence-electron chi connectivity index (χ1n) is 20.4. The molecule has 4 aromatic heterocycles. The van der Waals surface area contributed by atoms with Gasteiger partial charge in [0.2, 0.25) is 5.95 Å². The Morgan fingerprint density at radius 1 is 0.344 bits per heavy atom. The summed E-state index contributed by atoms with van der Waals surface area (Å²) in [7, 11) is 0. The maximum Gasteiger partial charge on any atom is 0.307 e. The number of oxazole rings is 1. The highest BCUT2D eigenvalue weighted by molar-refractivity contribution is 6.24. The van der Waals surface area contributed by atoms with Crippen LogP contribution in [-0.2, 0) is 0 Å². The monoisotopic (exact) mass is 780 g/mol. The van der Waals surface area contributed by atoms with Gasteiger partial charge in [0, 0.05) is 38.1 Å². The molecule has 13 aromatic rings. The Bertz CT molecular complexity index is 3870. The summed E-state index contributed by atoms with van der Waals surface area (Å²) in [5.41, 5.74) is 9.50. The van der Waals surface area contributed by atoms with Crippen molar-refractivity contribution in [2.75, 3.05) is 0 Å². The first-order valence-corrected chi connectivity index (χ1v) is 20.4. The van der Waals surface area contributed by atoms with Crippen LogP contribution in [0.2, 0.25) is 0 Å². The van der Waals surface area contributed by atoms with Gasteiger partial charge in [-0.05, 0) is 45.5 Å². The summed E-state index contributed by atoms with van der Waals surface area (Å²) in [5, 5.41) is 8.75. The molecule has 0 bridgehead atoms. The molecule has 0 aliphatic carbocycles. The van der Waals surface area contributed by atoms with Crippen LogP contribution in [0.25, 0.3) is 122 Å². The molecule has 0 N–H and O–H groups in total. The molecule has 0 aliphatic rings. The van der Waals surface area contributed by atoms with E-state index in [2.05, 4.69) is 167 Å². The first kappa shape index (κ1) is 33.5. The molecule has 0 spiro atoms. The number of rotatable bonds is 5. The van der Waals surface area contributed by atoms with E-state index in [1.54, 1.807) is 0 Å². The number of para-hydroxylation sites is 2. The molecule has 7 nitrogen and oxygen atoms in total. The summed E-state index contributed by atoms with van der Waals surface area (Å²) < 4.78 is 11.4. The molecule has 13 rings (SSSR count). The van der Waals surface area contributed by atoms with Crippen LogP contribution >= 0.6 is 0 Å². The summed E-state index contributed by atoms with van der Waals surface area (Å²) >= 11 is 0. The van der Waals surface area contributed by atoms with Crippen LogP contribution in [0.1, 0.15) is 0 Å². The lowest BCUT2D eigenvalue weighted by Gasteiger charge is -2.12. The zero-order chi connectivity index (χ0) is 40.0. The molecule has 0 unspecified atom stereocenters. The Kier molecular flexibility index (Phi) is 7.17. The van der Waals surface area contributed by atoms with E-state index in [0.717, 1.165) is 98.5 Å². The summed E-state index contributed by atoms with van der Waals surface area (Å²) in [5.74, 6) is 1.69. The fraction of sp³-hybridized carbons (Fsp3) is 0. The number of nitrogens with zero attached hydrogens (tertiary/aromatic N) is 6. The van der Waals surface area contributed by atoms with Crippen molar-refractivity contribution in [1.82, 2.24) is 29.1 Å². The molecule has 7 heteroatoms. The molecule has 4 heterocycles. The minimum atomic E-state index is 0.491. The number of fused-ring (bicyclic) bond motifs is 12. The molecule has 0 radical (unpaired) electrons. The minimum absolute atomic E-state index is 0.491. The fourth-order valence-electron chi connectivity index (χ4n) is 9.22. The van der Waals surface area contributed by atoms with Crippen molar-refractivity contribution in [3.8, 4) is 45.9 Å². The van der Waals surface area contributed by atoms with E-state index >= 15 is 0 Å². The van der Waals surface area contributed by atoms with Crippen molar-refractivity contribution in [2.24, 2.45) is 0 Å². The quantitative estimate of drug-likeness (QED) is 0.163. The van der Waals surface area contributed by atoms with Crippen LogP contribution in [0.4, 0.5) is 0 Å². The van der Waals surface area contributed by atoms with Gasteiger partial charge >= 0.3 is 6.01 Å². The van der Waals surface area contributed by atoms with Gasteiger partial charge < -0.3 is 4.42 Å². The van der Waals surface area contributed by atoms with Crippen molar-refractivity contribution in [3.63, 3.8) is 0 Å². The summed E-state index contributed by atoms with van der Waals surface area (Å²) in [6.45, 7) is 0. The van der Waals surface area contributed by atoms with Gasteiger partial charge in [-0.3, -0.25) is 9.13 Å². The molecule has 9 aromatic carbocycles. The number of benzene rings is 9. The van der Waals surface area contributed by atoms with Crippen LogP contribution in [0.5, 0.6) is 0 Å². The highest BCUT2D eigenvalue weighted by atomic mass is 16.4. The molecule has 0 saturated carbocycles. The van der Waals surface area contributed by atoms with Gasteiger partial charge in [0.25, 0.3) is 0 Å². The molecular formula is C54H32N6O. The molecule has 0 amide bonds. The van der Waals surface area contributed by atoms with E-state index < -0.39 is 0 Å². The second-order valence-corrected chi connectivity index (χ2v) is 15.5. The largest absolute Gasteiger partial charge is 0.422 e. The predicted molar refractivity (Wildman–Crippen MR) is 247 cm³/mol. The van der Waals surface area contributed by atoms with Crippen molar-refractivity contribution < 1.29 is 4.42 Å². The molecule has 0 atom stereocenters. The Balaban J connectivity index is 1.12. The second-order valence-electron chi connectivity index (χ2n) is 15.5. The van der Waals surface area contributed by atoms with Crippen molar-refractivity contribution in [3.05, 3.63) is 194 Å². The average Bonchev–Trinajstić information content (AvgIpc) is 4.02. The third kappa shape index (κ3) is 5.11. The van der Waals surface area contributed by atoms with Gasteiger partial charge in [-0.15, -0.1) is 0 Å². The Morgan fingerprint density at radius 2 is 0.852 bits per heavy atom. The van der Waals surface area contributed by atoms with Gasteiger partial charge in [0.15, 0.2) is 17.2 Å². The number of hydrogen-bond donors (Lipinski definition) is 0. The van der Waals surface area contributed by atoms with E-state index in [0.29, 0.717) is 23.6 Å². The van der Waals surface area contributed by atoms with Gasteiger partial charge in [-0.1, -0.05) is 176 Å². The lowest BCUT2D eigenvalue weighted by atomic mass is 10.0. The lowest BCUT2D eigenvalue weighted by Crippen LogP contribution is -2.07. The molecule has 284 valence electrons. The van der Waals surface area contributed by atoms with Crippen LogP contribution in [-0.4, -0.2) is 29.1 Å². The van der Waals surface area contributed by atoms with Gasteiger partial charge in [0.05, 0.1) is 22.1 Å². The predicted octanol–water partition coefficient (Wildman–Crippen LogP) is 13.5. The number of hydrogen-bond acceptors (Lipinski definition) is 5. The van der Waals surface area contributed by atoms with Crippen LogP contribution < -0.4 is 0 Å². The maximum absolute atomic E-state index is 7.02. The Labute approximate surface area is 348 Å². The van der Waals surface area contributed by atoms with Crippen molar-refractivity contribution in [1.29, 1.82) is 0 Å². The summed E-state index contributed by atoms with van der Waals surface area (Å²) in [6, 6.07) is 67.8. The average molecular weight is 781 g/mol. The van der Waals surface area contributed by atoms with E-state index in [-0.39, 0.29) is 0 Å². The van der Waals surface area contributed by atoms with E-state index in [1.165, 1.54) is 0 Å². The van der Waals surface area contributed by atoms with Crippen LogP contribution in [0.3, 0.4) is 0 Å². The zero-order valence-corrected chi connectivity index (χ0v) is 32.6. The zero-order valence-electron chi connectivity index (χ0n) is 32.6. The third-order valence-corrected chi connectivity index (χ3v) is 12.0. The topological polar surface area (TPSA) is 74.6 Å². The van der Waals surface area contributed by atoms with Crippen molar-refractivity contribution in [2.45, 2.75) is 0 Å². The highest BCUT2D eigenvalue weighted by Crippen LogP contribution is 2.43. The SMILES string of the molecule is c1ccc(-c2ccc(-c3nc(-c4ccccc4)nc(-n4c5ccccc5c5ccc6c7ccccc7n(-c7nc8ccc9ccc%10ccccc%10c9c8o7)c6c54)n3)cc2)cc1. The van der Waals surface area contributed by atoms with E-state index in [9.17, 15) is 0 Å². The summed E-state index contributed by atoms with van der Waals surface area (Å²) in [4.78, 5) is 21.0. The van der Waals surface area contributed by atoms with Gasteiger partial charge in [-0.2, -0.15) is 15.0 Å².